The molecule has 0 aliphatic rings. The summed E-state index contributed by atoms with van der Waals surface area (Å²) < 4.78 is 5.02. The van der Waals surface area contributed by atoms with Crippen LogP contribution in [0.3, 0.4) is 0 Å². The Kier molecular flexibility index (Phi) is 6.03. The van der Waals surface area contributed by atoms with Gasteiger partial charge in [0, 0.05) is 11.6 Å². The highest BCUT2D eigenvalue weighted by Crippen LogP contribution is 2.19. The number of amides is 1. The van der Waals surface area contributed by atoms with Crippen LogP contribution in [-0.4, -0.2) is 23.6 Å². The highest BCUT2D eigenvalue weighted by molar-refractivity contribution is 5.92. The smallest absolute Gasteiger partial charge is 0.341 e. The molecule has 1 aromatic rings. The minimum absolute atomic E-state index is 0.0152. The first-order valence-electron chi connectivity index (χ1n) is 6.69. The van der Waals surface area contributed by atoms with Crippen LogP contribution >= 0.6 is 0 Å². The first-order valence-corrected chi connectivity index (χ1v) is 6.69. The van der Waals surface area contributed by atoms with Gasteiger partial charge in [0.05, 0.1) is 0 Å². The Hall–Kier alpha value is -2.04. The van der Waals surface area contributed by atoms with Crippen molar-refractivity contribution in [1.82, 2.24) is 0 Å². The second kappa shape index (κ2) is 7.53. The quantitative estimate of drug-likeness (QED) is 0.804. The van der Waals surface area contributed by atoms with Crippen molar-refractivity contribution in [3.63, 3.8) is 0 Å². The number of carbonyl (C=O) groups excluding carboxylic acids is 1. The van der Waals surface area contributed by atoms with Crippen LogP contribution in [0, 0.1) is 11.8 Å². The number of hydrogen-bond donors (Lipinski definition) is 2. The first kappa shape index (κ1) is 16.0. The summed E-state index contributed by atoms with van der Waals surface area (Å²) in [6.45, 7) is 5.64. The monoisotopic (exact) mass is 279 g/mol. The number of ether oxygens (including phenoxy) is 1. The van der Waals surface area contributed by atoms with Crippen LogP contribution in [0.4, 0.5) is 5.69 Å². The molecule has 0 heterocycles. The fourth-order valence-electron chi connectivity index (χ4n) is 1.65. The lowest BCUT2D eigenvalue weighted by Crippen LogP contribution is -2.25. The van der Waals surface area contributed by atoms with Crippen molar-refractivity contribution >= 4 is 17.6 Å². The highest BCUT2D eigenvalue weighted by atomic mass is 16.5. The van der Waals surface area contributed by atoms with Crippen molar-refractivity contribution in [1.29, 1.82) is 0 Å². The standard InChI is InChI=1S/C15H21NO4/c1-4-10(2)11(3)15(19)16-12-5-7-13(8-6-12)20-9-14(17)18/h5-8,10-11H,4,9H2,1-3H3,(H,16,19)(H,17,18). The van der Waals surface area contributed by atoms with Gasteiger partial charge in [-0.25, -0.2) is 4.79 Å². The Labute approximate surface area is 118 Å². The molecule has 0 saturated heterocycles. The maximum atomic E-state index is 12.0. The maximum absolute atomic E-state index is 12.0. The summed E-state index contributed by atoms with van der Waals surface area (Å²) in [5.74, 6) is -0.306. The minimum atomic E-state index is -1.02. The normalized spacial score (nSPS) is 13.3. The number of nitrogens with one attached hydrogen (secondary N) is 1. The van der Waals surface area contributed by atoms with E-state index in [0.717, 1.165) is 6.42 Å². The summed E-state index contributed by atoms with van der Waals surface area (Å²) in [6.07, 6.45) is 0.955. The largest absolute Gasteiger partial charge is 0.482 e. The van der Waals surface area contributed by atoms with Crippen LogP contribution in [0.5, 0.6) is 5.75 Å². The fourth-order valence-corrected chi connectivity index (χ4v) is 1.65. The average molecular weight is 279 g/mol. The molecule has 20 heavy (non-hydrogen) atoms. The Morgan fingerprint density at radius 2 is 1.85 bits per heavy atom. The SMILES string of the molecule is CCC(C)C(C)C(=O)Nc1ccc(OCC(=O)O)cc1. The topological polar surface area (TPSA) is 75.6 Å². The van der Waals surface area contributed by atoms with E-state index in [1.807, 2.05) is 13.8 Å². The van der Waals surface area contributed by atoms with Crippen LogP contribution in [0.1, 0.15) is 27.2 Å². The molecule has 2 atom stereocenters. The van der Waals surface area contributed by atoms with Gasteiger partial charge in [0.1, 0.15) is 5.75 Å². The number of benzene rings is 1. The molecule has 110 valence electrons. The summed E-state index contributed by atoms with van der Waals surface area (Å²) in [7, 11) is 0. The van der Waals surface area contributed by atoms with E-state index in [-0.39, 0.29) is 18.4 Å². The molecule has 0 spiro atoms. The number of carboxylic acids is 1. The number of carboxylic acid groups (broad SMARTS) is 1. The van der Waals surface area contributed by atoms with Crippen molar-refractivity contribution < 1.29 is 19.4 Å². The fraction of sp³-hybridized carbons (Fsp3) is 0.467. The Morgan fingerprint density at radius 1 is 1.25 bits per heavy atom. The molecular formula is C15H21NO4. The molecule has 5 nitrogen and oxygen atoms in total. The number of carbonyl (C=O) groups is 2. The first-order chi connectivity index (χ1) is 9.43. The lowest BCUT2D eigenvalue weighted by molar-refractivity contribution is -0.139. The predicted octanol–water partition coefficient (Wildman–Crippen LogP) is 2.77. The summed E-state index contributed by atoms with van der Waals surface area (Å²) in [4.78, 5) is 22.4. The molecule has 1 amide bonds. The third-order valence-electron chi connectivity index (χ3n) is 3.40. The van der Waals surface area contributed by atoms with Crippen molar-refractivity contribution in [2.45, 2.75) is 27.2 Å². The van der Waals surface area contributed by atoms with Gasteiger partial charge in [0.2, 0.25) is 5.91 Å². The second-order valence-electron chi connectivity index (χ2n) is 4.87. The van der Waals surface area contributed by atoms with Crippen molar-refractivity contribution in [2.75, 3.05) is 11.9 Å². The zero-order valence-electron chi connectivity index (χ0n) is 12.1. The zero-order chi connectivity index (χ0) is 15.1. The van der Waals surface area contributed by atoms with Crippen molar-refractivity contribution in [3.05, 3.63) is 24.3 Å². The van der Waals surface area contributed by atoms with E-state index in [9.17, 15) is 9.59 Å². The summed E-state index contributed by atoms with van der Waals surface area (Å²) in [5.41, 5.74) is 0.674. The molecule has 1 rings (SSSR count). The van der Waals surface area contributed by atoms with E-state index in [4.69, 9.17) is 9.84 Å². The van der Waals surface area contributed by atoms with Gasteiger partial charge in [-0.2, -0.15) is 0 Å². The molecule has 5 heteroatoms. The third-order valence-corrected chi connectivity index (χ3v) is 3.40. The van der Waals surface area contributed by atoms with E-state index >= 15 is 0 Å². The molecule has 2 unspecified atom stereocenters. The van der Waals surface area contributed by atoms with E-state index in [1.165, 1.54) is 0 Å². The van der Waals surface area contributed by atoms with Crippen LogP contribution in [-0.2, 0) is 9.59 Å². The van der Waals surface area contributed by atoms with Gasteiger partial charge >= 0.3 is 5.97 Å². The lowest BCUT2D eigenvalue weighted by atomic mass is 9.93. The van der Waals surface area contributed by atoms with Crippen LogP contribution in [0.25, 0.3) is 0 Å². The second-order valence-corrected chi connectivity index (χ2v) is 4.87. The van der Waals surface area contributed by atoms with Gasteiger partial charge in [-0.3, -0.25) is 4.79 Å². The molecular weight excluding hydrogens is 258 g/mol. The van der Waals surface area contributed by atoms with E-state index in [2.05, 4.69) is 12.2 Å². The van der Waals surface area contributed by atoms with Gasteiger partial charge in [-0.15, -0.1) is 0 Å². The van der Waals surface area contributed by atoms with E-state index in [1.54, 1.807) is 24.3 Å². The van der Waals surface area contributed by atoms with Crippen molar-refractivity contribution in [2.24, 2.45) is 11.8 Å². The van der Waals surface area contributed by atoms with Crippen LogP contribution in [0.2, 0.25) is 0 Å². The maximum Gasteiger partial charge on any atom is 0.341 e. The van der Waals surface area contributed by atoms with E-state index < -0.39 is 5.97 Å². The number of aliphatic carboxylic acids is 1. The van der Waals surface area contributed by atoms with Gasteiger partial charge in [0.15, 0.2) is 6.61 Å². The lowest BCUT2D eigenvalue weighted by Gasteiger charge is -2.17. The minimum Gasteiger partial charge on any atom is -0.482 e. The molecule has 0 aromatic heterocycles. The number of rotatable bonds is 7. The highest BCUT2D eigenvalue weighted by Gasteiger charge is 2.18. The third kappa shape index (κ3) is 4.91. The molecule has 0 aliphatic carbocycles. The van der Waals surface area contributed by atoms with Crippen LogP contribution in [0.15, 0.2) is 24.3 Å². The van der Waals surface area contributed by atoms with E-state index in [0.29, 0.717) is 17.4 Å². The summed E-state index contributed by atoms with van der Waals surface area (Å²) in [6, 6.07) is 6.65. The predicted molar refractivity (Wildman–Crippen MR) is 76.8 cm³/mol. The van der Waals surface area contributed by atoms with Gasteiger partial charge in [-0.1, -0.05) is 27.2 Å². The Morgan fingerprint density at radius 3 is 2.35 bits per heavy atom. The molecule has 0 aliphatic heterocycles. The van der Waals surface area contributed by atoms with Gasteiger partial charge in [-0.05, 0) is 30.2 Å². The molecule has 2 N–H and O–H groups in total. The number of anilines is 1. The van der Waals surface area contributed by atoms with Gasteiger partial charge in [0.25, 0.3) is 0 Å². The molecule has 0 saturated carbocycles. The Bertz CT molecular complexity index is 455. The summed E-state index contributed by atoms with van der Waals surface area (Å²) >= 11 is 0. The number of hydrogen-bond acceptors (Lipinski definition) is 3. The van der Waals surface area contributed by atoms with Gasteiger partial charge < -0.3 is 15.2 Å². The zero-order valence-corrected chi connectivity index (χ0v) is 12.1. The van der Waals surface area contributed by atoms with Crippen molar-refractivity contribution in [3.8, 4) is 5.75 Å². The average Bonchev–Trinajstić information content (AvgIpc) is 2.44. The summed E-state index contributed by atoms with van der Waals surface area (Å²) in [5, 5.41) is 11.3. The Balaban J connectivity index is 2.56. The molecule has 0 radical (unpaired) electrons. The van der Waals surface area contributed by atoms with Crippen LogP contribution < -0.4 is 10.1 Å². The molecule has 0 bridgehead atoms. The molecule has 1 aromatic carbocycles. The molecule has 0 fully saturated rings.